The number of fused-ring (bicyclic) bond motifs is 1. The van der Waals surface area contributed by atoms with E-state index in [4.69, 9.17) is 20.9 Å². The van der Waals surface area contributed by atoms with Crippen molar-refractivity contribution in [2.75, 3.05) is 50.8 Å². The van der Waals surface area contributed by atoms with Crippen LogP contribution in [0, 0.1) is 11.8 Å². The lowest BCUT2D eigenvalue weighted by atomic mass is 9.83. The van der Waals surface area contributed by atoms with E-state index in [1.807, 2.05) is 18.2 Å². The van der Waals surface area contributed by atoms with Crippen LogP contribution in [-0.2, 0) is 9.53 Å². The number of anilines is 1. The highest BCUT2D eigenvalue weighted by Crippen LogP contribution is 2.30. The lowest BCUT2D eigenvalue weighted by Crippen LogP contribution is -2.47. The number of piperazine rings is 1. The van der Waals surface area contributed by atoms with Crippen molar-refractivity contribution in [2.45, 2.75) is 44.6 Å². The molecule has 32 heavy (non-hydrogen) atoms. The summed E-state index contributed by atoms with van der Waals surface area (Å²) in [6.07, 6.45) is 6.79. The van der Waals surface area contributed by atoms with Crippen molar-refractivity contribution in [1.82, 2.24) is 15.4 Å². The summed E-state index contributed by atoms with van der Waals surface area (Å²) >= 11 is 6.06. The zero-order chi connectivity index (χ0) is 21.9. The number of ether oxygens (including phenoxy) is 1. The summed E-state index contributed by atoms with van der Waals surface area (Å²) in [5, 5.41) is 9.26. The maximum Gasteiger partial charge on any atom is 0.225 e. The number of nitrogens with zero attached hydrogens (tertiary/aromatic N) is 3. The summed E-state index contributed by atoms with van der Waals surface area (Å²) in [5.74, 6) is 1.98. The van der Waals surface area contributed by atoms with Crippen molar-refractivity contribution in [3.8, 4) is 0 Å². The van der Waals surface area contributed by atoms with E-state index >= 15 is 0 Å². The van der Waals surface area contributed by atoms with Crippen LogP contribution in [0.4, 0.5) is 5.82 Å². The van der Waals surface area contributed by atoms with Gasteiger partial charge in [0.2, 0.25) is 5.91 Å². The Balaban J connectivity index is 1.02. The Morgan fingerprint density at radius 1 is 1.12 bits per heavy atom. The Morgan fingerprint density at radius 3 is 2.69 bits per heavy atom. The summed E-state index contributed by atoms with van der Waals surface area (Å²) < 4.78 is 10.8. The molecule has 5 rings (SSSR count). The number of amides is 1. The lowest BCUT2D eigenvalue weighted by Gasteiger charge is -2.36. The Bertz CT molecular complexity index is 913. The van der Waals surface area contributed by atoms with Crippen molar-refractivity contribution >= 4 is 34.3 Å². The second kappa shape index (κ2) is 9.98. The van der Waals surface area contributed by atoms with Crippen molar-refractivity contribution in [3.63, 3.8) is 0 Å². The zero-order valence-electron chi connectivity index (χ0n) is 18.6. The smallest absolute Gasteiger partial charge is 0.225 e. The number of aromatic nitrogens is 1. The van der Waals surface area contributed by atoms with Gasteiger partial charge in [0.05, 0.1) is 17.9 Å². The molecule has 174 valence electrons. The summed E-state index contributed by atoms with van der Waals surface area (Å²) in [4.78, 5) is 17.2. The third-order valence-corrected chi connectivity index (χ3v) is 7.67. The Morgan fingerprint density at radius 2 is 1.94 bits per heavy atom. The summed E-state index contributed by atoms with van der Waals surface area (Å²) in [7, 11) is 0. The maximum atomic E-state index is 12.3. The summed E-state index contributed by atoms with van der Waals surface area (Å²) in [5.41, 5.74) is 0.748. The van der Waals surface area contributed by atoms with Gasteiger partial charge in [-0.3, -0.25) is 9.69 Å². The van der Waals surface area contributed by atoms with E-state index in [9.17, 15) is 4.79 Å². The first kappa shape index (κ1) is 22.0. The molecular formula is C24H33ClN4O3. The molecule has 2 aliphatic heterocycles. The van der Waals surface area contributed by atoms with Crippen molar-refractivity contribution in [3.05, 3.63) is 23.2 Å². The molecule has 1 aliphatic carbocycles. The molecule has 1 N–H and O–H groups in total. The average Bonchev–Trinajstić information content (AvgIpc) is 3.49. The molecule has 2 aromatic rings. The number of halogens is 1. The maximum absolute atomic E-state index is 12.3. The van der Waals surface area contributed by atoms with Crippen molar-refractivity contribution in [1.29, 1.82) is 0 Å². The molecule has 7 nitrogen and oxygen atoms in total. The fourth-order valence-electron chi connectivity index (χ4n) is 5.33. The van der Waals surface area contributed by atoms with E-state index in [1.165, 1.54) is 19.3 Å². The SMILES string of the molecule is O=C(NC1CCC(CCN2CCN(c3noc4cc(Cl)ccc34)CC2)CC1)[C@H]1CCOC1. The topological polar surface area (TPSA) is 70.8 Å². The normalized spacial score (nSPS) is 27.2. The molecule has 3 fully saturated rings. The molecule has 1 amide bonds. The van der Waals surface area contributed by atoms with Crippen LogP contribution in [0.15, 0.2) is 22.7 Å². The number of carbonyl (C=O) groups is 1. The molecule has 0 bridgehead atoms. The number of rotatable bonds is 6. The molecular weight excluding hydrogens is 428 g/mol. The van der Waals surface area contributed by atoms with Gasteiger partial charge in [0.25, 0.3) is 0 Å². The van der Waals surface area contributed by atoms with Crippen LogP contribution in [-0.4, -0.2) is 67.9 Å². The highest BCUT2D eigenvalue weighted by Gasteiger charge is 2.28. The minimum Gasteiger partial charge on any atom is -0.381 e. The highest BCUT2D eigenvalue weighted by atomic mass is 35.5. The van der Waals surface area contributed by atoms with Gasteiger partial charge in [0.15, 0.2) is 11.4 Å². The minimum atomic E-state index is 0.0689. The fraction of sp³-hybridized carbons (Fsp3) is 0.667. The van der Waals surface area contributed by atoms with Crippen molar-refractivity contribution < 1.29 is 14.1 Å². The number of carbonyl (C=O) groups excluding carboxylic acids is 1. The monoisotopic (exact) mass is 460 g/mol. The van der Waals surface area contributed by atoms with Crippen LogP contribution in [0.25, 0.3) is 11.0 Å². The number of benzene rings is 1. The van der Waals surface area contributed by atoms with E-state index in [1.54, 1.807) is 0 Å². The second-order valence-electron chi connectivity index (χ2n) is 9.55. The molecule has 1 aromatic carbocycles. The van der Waals surface area contributed by atoms with Crippen LogP contribution in [0.1, 0.15) is 38.5 Å². The van der Waals surface area contributed by atoms with E-state index in [0.717, 1.165) is 81.3 Å². The van der Waals surface area contributed by atoms with Gasteiger partial charge in [-0.15, -0.1) is 0 Å². The molecule has 0 spiro atoms. The molecule has 1 aromatic heterocycles. The molecule has 0 radical (unpaired) electrons. The first-order valence-electron chi connectivity index (χ1n) is 12.1. The number of hydrogen-bond donors (Lipinski definition) is 1. The first-order valence-corrected chi connectivity index (χ1v) is 12.4. The van der Waals surface area contributed by atoms with Crippen LogP contribution in [0.3, 0.4) is 0 Å². The van der Waals surface area contributed by atoms with E-state index in [0.29, 0.717) is 17.7 Å². The molecule has 1 atom stereocenters. The van der Waals surface area contributed by atoms with Gasteiger partial charge < -0.3 is 19.5 Å². The van der Waals surface area contributed by atoms with Crippen LogP contribution in [0.2, 0.25) is 5.02 Å². The summed E-state index contributed by atoms with van der Waals surface area (Å²) in [6.45, 7) is 6.51. The van der Waals surface area contributed by atoms with Crippen LogP contribution < -0.4 is 10.2 Å². The van der Waals surface area contributed by atoms with Crippen molar-refractivity contribution in [2.24, 2.45) is 11.8 Å². The van der Waals surface area contributed by atoms with Crippen LogP contribution in [0.5, 0.6) is 0 Å². The van der Waals surface area contributed by atoms with Gasteiger partial charge >= 0.3 is 0 Å². The van der Waals surface area contributed by atoms with Gasteiger partial charge in [-0.2, -0.15) is 0 Å². The Labute approximate surface area is 194 Å². The predicted molar refractivity (Wildman–Crippen MR) is 125 cm³/mol. The van der Waals surface area contributed by atoms with Gasteiger partial charge in [-0.1, -0.05) is 16.8 Å². The first-order chi connectivity index (χ1) is 15.7. The quantitative estimate of drug-likeness (QED) is 0.708. The fourth-order valence-corrected chi connectivity index (χ4v) is 5.49. The van der Waals surface area contributed by atoms with E-state index in [-0.39, 0.29) is 11.8 Å². The van der Waals surface area contributed by atoms with Gasteiger partial charge in [0.1, 0.15) is 0 Å². The van der Waals surface area contributed by atoms with Crippen LogP contribution >= 0.6 is 11.6 Å². The summed E-state index contributed by atoms with van der Waals surface area (Å²) in [6, 6.07) is 6.07. The third kappa shape index (κ3) is 5.05. The predicted octanol–water partition coefficient (Wildman–Crippen LogP) is 3.70. The minimum absolute atomic E-state index is 0.0689. The van der Waals surface area contributed by atoms with Gasteiger partial charge in [0, 0.05) is 49.9 Å². The molecule has 2 saturated heterocycles. The zero-order valence-corrected chi connectivity index (χ0v) is 19.4. The molecule has 3 heterocycles. The highest BCUT2D eigenvalue weighted by molar-refractivity contribution is 6.31. The van der Waals surface area contributed by atoms with E-state index in [2.05, 4.69) is 20.3 Å². The number of nitrogens with one attached hydrogen (secondary N) is 1. The van der Waals surface area contributed by atoms with Gasteiger partial charge in [-0.05, 0) is 63.1 Å². The lowest BCUT2D eigenvalue weighted by molar-refractivity contribution is -0.125. The Hall–Kier alpha value is -1.83. The standard InChI is InChI=1S/C24H33ClN4O3/c25-19-3-6-21-22(15-19)32-27-23(21)29-12-10-28(11-13-29)9-7-17-1-4-20(5-2-17)26-24(30)18-8-14-31-16-18/h3,6,15,17-18,20H,1-2,4-5,7-14,16H2,(H,26,30)/t17?,18-,20?/m0/s1. The number of hydrogen-bond acceptors (Lipinski definition) is 6. The molecule has 8 heteroatoms. The molecule has 1 saturated carbocycles. The molecule has 3 aliphatic rings. The van der Waals surface area contributed by atoms with Gasteiger partial charge in [-0.25, -0.2) is 0 Å². The molecule has 0 unspecified atom stereocenters. The average molecular weight is 461 g/mol. The second-order valence-corrected chi connectivity index (χ2v) is 9.99. The largest absolute Gasteiger partial charge is 0.381 e. The third-order valence-electron chi connectivity index (χ3n) is 7.43. The van der Waals surface area contributed by atoms with E-state index < -0.39 is 0 Å². The Kier molecular flexibility index (Phi) is 6.85.